The zero-order valence-corrected chi connectivity index (χ0v) is 11.9. The maximum atomic E-state index is 13.1. The molecule has 2 aromatic rings. The number of benzene rings is 1. The standard InChI is InChI=1S/C15H15ClFN3/c1-2-18-14-8-13(9-3-4-9)19-15(20-14)11-6-5-10(17)7-12(11)16/h5-9H,2-4H2,1H3,(H,18,19,20). The molecular formula is C15H15ClFN3. The van der Waals surface area contributed by atoms with E-state index >= 15 is 0 Å². The summed E-state index contributed by atoms with van der Waals surface area (Å²) < 4.78 is 13.1. The minimum Gasteiger partial charge on any atom is -0.370 e. The van der Waals surface area contributed by atoms with Crippen LogP contribution in [-0.4, -0.2) is 16.5 Å². The Labute approximate surface area is 122 Å². The van der Waals surface area contributed by atoms with E-state index in [4.69, 9.17) is 11.6 Å². The van der Waals surface area contributed by atoms with Gasteiger partial charge in [-0.05, 0) is 38.0 Å². The second-order valence-corrected chi connectivity index (χ2v) is 5.34. The van der Waals surface area contributed by atoms with Gasteiger partial charge in [0.1, 0.15) is 11.6 Å². The lowest BCUT2D eigenvalue weighted by Gasteiger charge is -2.09. The van der Waals surface area contributed by atoms with E-state index < -0.39 is 0 Å². The Morgan fingerprint density at radius 3 is 2.75 bits per heavy atom. The highest BCUT2D eigenvalue weighted by molar-refractivity contribution is 6.33. The fraction of sp³-hybridized carbons (Fsp3) is 0.333. The van der Waals surface area contributed by atoms with Crippen molar-refractivity contribution in [3.8, 4) is 11.4 Å². The first kappa shape index (κ1) is 13.3. The monoisotopic (exact) mass is 291 g/mol. The van der Waals surface area contributed by atoms with Crippen LogP contribution >= 0.6 is 11.6 Å². The second-order valence-electron chi connectivity index (χ2n) is 4.93. The largest absolute Gasteiger partial charge is 0.370 e. The Hall–Kier alpha value is -1.68. The number of rotatable bonds is 4. The third-order valence-electron chi connectivity index (χ3n) is 3.27. The second kappa shape index (κ2) is 5.37. The summed E-state index contributed by atoms with van der Waals surface area (Å²) in [7, 11) is 0. The molecule has 1 fully saturated rings. The number of nitrogens with zero attached hydrogens (tertiary/aromatic N) is 2. The van der Waals surface area contributed by atoms with Gasteiger partial charge in [0.25, 0.3) is 0 Å². The first-order valence-corrected chi connectivity index (χ1v) is 7.13. The highest BCUT2D eigenvalue weighted by atomic mass is 35.5. The highest BCUT2D eigenvalue weighted by Gasteiger charge is 2.26. The van der Waals surface area contributed by atoms with Crippen molar-refractivity contribution in [2.75, 3.05) is 11.9 Å². The number of aromatic nitrogens is 2. The molecule has 0 amide bonds. The molecular weight excluding hydrogens is 277 g/mol. The molecule has 0 saturated heterocycles. The maximum Gasteiger partial charge on any atom is 0.163 e. The fourth-order valence-electron chi connectivity index (χ4n) is 2.12. The first-order valence-electron chi connectivity index (χ1n) is 6.75. The van der Waals surface area contributed by atoms with Crippen LogP contribution in [0.15, 0.2) is 24.3 Å². The molecule has 20 heavy (non-hydrogen) atoms. The van der Waals surface area contributed by atoms with Gasteiger partial charge in [0, 0.05) is 29.8 Å². The summed E-state index contributed by atoms with van der Waals surface area (Å²) in [4.78, 5) is 9.05. The molecule has 1 saturated carbocycles. The van der Waals surface area contributed by atoms with Gasteiger partial charge in [-0.15, -0.1) is 0 Å². The average Bonchev–Trinajstić information content (AvgIpc) is 3.23. The molecule has 0 aliphatic heterocycles. The van der Waals surface area contributed by atoms with E-state index in [0.29, 0.717) is 22.3 Å². The summed E-state index contributed by atoms with van der Waals surface area (Å²) in [5.41, 5.74) is 1.70. The molecule has 3 rings (SSSR count). The van der Waals surface area contributed by atoms with Crippen molar-refractivity contribution in [1.29, 1.82) is 0 Å². The van der Waals surface area contributed by atoms with Gasteiger partial charge in [0.2, 0.25) is 0 Å². The van der Waals surface area contributed by atoms with Gasteiger partial charge in [-0.2, -0.15) is 0 Å². The predicted octanol–water partition coefficient (Wildman–Crippen LogP) is 4.25. The van der Waals surface area contributed by atoms with Crippen LogP contribution in [0.2, 0.25) is 5.02 Å². The molecule has 1 N–H and O–H groups in total. The molecule has 0 atom stereocenters. The van der Waals surface area contributed by atoms with Gasteiger partial charge in [0.05, 0.1) is 5.02 Å². The van der Waals surface area contributed by atoms with Crippen molar-refractivity contribution < 1.29 is 4.39 Å². The lowest BCUT2D eigenvalue weighted by Crippen LogP contribution is -2.04. The lowest BCUT2D eigenvalue weighted by molar-refractivity contribution is 0.628. The van der Waals surface area contributed by atoms with Crippen molar-refractivity contribution >= 4 is 17.4 Å². The highest BCUT2D eigenvalue weighted by Crippen LogP contribution is 2.40. The summed E-state index contributed by atoms with van der Waals surface area (Å²) in [6, 6.07) is 6.28. The zero-order valence-electron chi connectivity index (χ0n) is 11.2. The van der Waals surface area contributed by atoms with Gasteiger partial charge >= 0.3 is 0 Å². The molecule has 5 heteroatoms. The summed E-state index contributed by atoms with van der Waals surface area (Å²) in [5, 5.41) is 3.54. The van der Waals surface area contributed by atoms with E-state index in [1.165, 1.54) is 25.0 Å². The summed E-state index contributed by atoms with van der Waals surface area (Å²) in [5.74, 6) is 1.51. The Morgan fingerprint density at radius 2 is 2.10 bits per heavy atom. The molecule has 1 aliphatic carbocycles. The van der Waals surface area contributed by atoms with Crippen LogP contribution in [0.5, 0.6) is 0 Å². The summed E-state index contributed by atoms with van der Waals surface area (Å²) in [6.45, 7) is 2.81. The topological polar surface area (TPSA) is 37.8 Å². The molecule has 0 bridgehead atoms. The van der Waals surface area contributed by atoms with E-state index in [-0.39, 0.29) is 5.82 Å². The smallest absolute Gasteiger partial charge is 0.163 e. The van der Waals surface area contributed by atoms with E-state index in [0.717, 1.165) is 18.1 Å². The van der Waals surface area contributed by atoms with Crippen molar-refractivity contribution in [2.45, 2.75) is 25.7 Å². The van der Waals surface area contributed by atoms with Crippen molar-refractivity contribution in [3.63, 3.8) is 0 Å². The Bertz CT molecular complexity index is 641. The Kier molecular flexibility index (Phi) is 3.57. The number of nitrogens with one attached hydrogen (secondary N) is 1. The van der Waals surface area contributed by atoms with Crippen molar-refractivity contribution in [3.05, 3.63) is 40.8 Å². The molecule has 0 radical (unpaired) electrons. The fourth-order valence-corrected chi connectivity index (χ4v) is 2.37. The Morgan fingerprint density at radius 1 is 1.30 bits per heavy atom. The Balaban J connectivity index is 2.06. The maximum absolute atomic E-state index is 13.1. The molecule has 1 aliphatic rings. The van der Waals surface area contributed by atoms with Crippen LogP contribution in [0, 0.1) is 5.82 Å². The van der Waals surface area contributed by atoms with Crippen molar-refractivity contribution in [2.24, 2.45) is 0 Å². The molecule has 1 heterocycles. The average molecular weight is 292 g/mol. The first-order chi connectivity index (χ1) is 9.67. The molecule has 0 unspecified atom stereocenters. The zero-order chi connectivity index (χ0) is 14.1. The van der Waals surface area contributed by atoms with Gasteiger partial charge in [-0.3, -0.25) is 0 Å². The molecule has 0 spiro atoms. The third-order valence-corrected chi connectivity index (χ3v) is 3.58. The number of halogens is 2. The molecule has 104 valence electrons. The van der Waals surface area contributed by atoms with Crippen LogP contribution in [0.4, 0.5) is 10.2 Å². The van der Waals surface area contributed by atoms with Crippen LogP contribution in [0.3, 0.4) is 0 Å². The van der Waals surface area contributed by atoms with E-state index in [1.807, 2.05) is 13.0 Å². The summed E-state index contributed by atoms with van der Waals surface area (Å²) >= 11 is 6.10. The van der Waals surface area contributed by atoms with Gasteiger partial charge in [-0.25, -0.2) is 14.4 Å². The quantitative estimate of drug-likeness (QED) is 0.915. The molecule has 3 nitrogen and oxygen atoms in total. The SMILES string of the molecule is CCNc1cc(C2CC2)nc(-c2ccc(F)cc2Cl)n1. The van der Waals surface area contributed by atoms with Crippen LogP contribution < -0.4 is 5.32 Å². The van der Waals surface area contributed by atoms with Gasteiger partial charge in [-0.1, -0.05) is 11.6 Å². The number of hydrogen-bond acceptors (Lipinski definition) is 3. The molecule has 1 aromatic heterocycles. The van der Waals surface area contributed by atoms with Crippen molar-refractivity contribution in [1.82, 2.24) is 9.97 Å². The van der Waals surface area contributed by atoms with Crippen LogP contribution in [0.1, 0.15) is 31.4 Å². The van der Waals surface area contributed by atoms with Crippen LogP contribution in [0.25, 0.3) is 11.4 Å². The van der Waals surface area contributed by atoms with E-state index in [1.54, 1.807) is 6.07 Å². The predicted molar refractivity (Wildman–Crippen MR) is 78.6 cm³/mol. The van der Waals surface area contributed by atoms with E-state index in [2.05, 4.69) is 15.3 Å². The minimum atomic E-state index is -0.357. The minimum absolute atomic E-state index is 0.334. The van der Waals surface area contributed by atoms with Gasteiger partial charge < -0.3 is 5.32 Å². The number of anilines is 1. The lowest BCUT2D eigenvalue weighted by atomic mass is 10.2. The van der Waals surface area contributed by atoms with Crippen LogP contribution in [-0.2, 0) is 0 Å². The van der Waals surface area contributed by atoms with Gasteiger partial charge in [0.15, 0.2) is 5.82 Å². The third kappa shape index (κ3) is 2.75. The number of hydrogen-bond donors (Lipinski definition) is 1. The normalized spacial score (nSPS) is 14.3. The summed E-state index contributed by atoms with van der Waals surface area (Å²) in [6.07, 6.45) is 2.33. The molecule has 1 aromatic carbocycles. The van der Waals surface area contributed by atoms with E-state index in [9.17, 15) is 4.39 Å².